The summed E-state index contributed by atoms with van der Waals surface area (Å²) in [7, 11) is 2.62. The first-order valence-corrected chi connectivity index (χ1v) is 10.0. The number of hydrogen-bond acceptors (Lipinski definition) is 3. The molecule has 0 aromatic heterocycles. The van der Waals surface area contributed by atoms with E-state index in [0.29, 0.717) is 5.75 Å². The molecule has 0 saturated carbocycles. The second-order valence-corrected chi connectivity index (χ2v) is 7.90. The van der Waals surface area contributed by atoms with Gasteiger partial charge in [-0.1, -0.05) is 60.7 Å². The van der Waals surface area contributed by atoms with Crippen LogP contribution < -0.4 is 25.4 Å². The molecule has 0 heterocycles. The van der Waals surface area contributed by atoms with Crippen LogP contribution in [0.1, 0.15) is 5.56 Å². The van der Waals surface area contributed by atoms with Crippen LogP contribution in [-0.2, 0) is 5.75 Å². The van der Waals surface area contributed by atoms with Crippen molar-refractivity contribution in [2.24, 2.45) is 0 Å². The molecule has 0 aliphatic rings. The van der Waals surface area contributed by atoms with Gasteiger partial charge in [0.1, 0.15) is 11.5 Å². The molecule has 0 radical (unpaired) electrons. The van der Waals surface area contributed by atoms with Gasteiger partial charge in [0.25, 0.3) is 0 Å². The van der Waals surface area contributed by atoms with Crippen molar-refractivity contribution in [1.29, 1.82) is 0 Å². The highest BCUT2D eigenvalue weighted by molar-refractivity contribution is 7.81. The summed E-state index contributed by atoms with van der Waals surface area (Å²) in [6.45, 7) is 0. The van der Waals surface area contributed by atoms with Crippen molar-refractivity contribution in [3.05, 3.63) is 78.4 Å². The van der Waals surface area contributed by atoms with E-state index in [1.165, 1.54) is 21.5 Å². The van der Waals surface area contributed by atoms with E-state index in [-0.39, 0.29) is 0 Å². The predicted molar refractivity (Wildman–Crippen MR) is 111 cm³/mol. The zero-order chi connectivity index (χ0) is 17.6. The average molecular weight is 368 g/mol. The Morgan fingerprint density at radius 1 is 0.680 bits per heavy atom. The van der Waals surface area contributed by atoms with Crippen LogP contribution in [0, 0.1) is 0 Å². The van der Waals surface area contributed by atoms with Gasteiger partial charge in [-0.05, 0) is 30.9 Å². The molecule has 128 valence electrons. The minimum Gasteiger partial charge on any atom is -0.496 e. The lowest BCUT2D eigenvalue weighted by molar-refractivity contribution is 0.417. The molecular weight excluding hydrogens is 347 g/mol. The maximum Gasteiger partial charge on any atom is 0.127 e. The van der Waals surface area contributed by atoms with E-state index < -0.39 is 7.92 Å². The van der Waals surface area contributed by atoms with E-state index in [9.17, 15) is 0 Å². The molecule has 25 heavy (non-hydrogen) atoms. The largest absolute Gasteiger partial charge is 0.496 e. The summed E-state index contributed by atoms with van der Waals surface area (Å²) in [4.78, 5) is 0. The van der Waals surface area contributed by atoms with Crippen molar-refractivity contribution in [2.45, 2.75) is 5.75 Å². The minimum atomic E-state index is -0.825. The van der Waals surface area contributed by atoms with Gasteiger partial charge in [-0.25, -0.2) is 0 Å². The van der Waals surface area contributed by atoms with E-state index in [1.807, 2.05) is 24.3 Å². The topological polar surface area (TPSA) is 18.5 Å². The second kappa shape index (κ2) is 8.42. The van der Waals surface area contributed by atoms with E-state index >= 15 is 0 Å². The third-order valence-corrected chi connectivity index (χ3v) is 7.02. The molecule has 0 N–H and O–H groups in total. The summed E-state index contributed by atoms with van der Waals surface area (Å²) < 4.78 is 11.3. The molecule has 0 aliphatic carbocycles. The van der Waals surface area contributed by atoms with Crippen LogP contribution >= 0.6 is 20.6 Å². The van der Waals surface area contributed by atoms with Crippen LogP contribution in [0.3, 0.4) is 0 Å². The first kappa shape index (κ1) is 17.8. The highest BCUT2D eigenvalue weighted by atomic mass is 32.1. The fourth-order valence-corrected chi connectivity index (χ4v) is 5.98. The van der Waals surface area contributed by atoms with Crippen molar-refractivity contribution < 1.29 is 9.47 Å². The molecule has 0 aliphatic heterocycles. The standard InChI is InChI=1S/C21H21O2PS/c1-22-17-10-4-7-13-20(17)24(19-12-6-3-9-16(19)15-25)21-14-8-5-11-18(21)23-2/h3-14,25H,15H2,1-2H3. The zero-order valence-electron chi connectivity index (χ0n) is 14.3. The molecule has 3 aromatic rings. The monoisotopic (exact) mass is 368 g/mol. The molecule has 3 aromatic carbocycles. The van der Waals surface area contributed by atoms with Gasteiger partial charge in [0.15, 0.2) is 0 Å². The quantitative estimate of drug-likeness (QED) is 0.526. The van der Waals surface area contributed by atoms with Crippen LogP contribution in [0.4, 0.5) is 0 Å². The maximum atomic E-state index is 5.67. The van der Waals surface area contributed by atoms with E-state index in [0.717, 1.165) is 11.5 Å². The van der Waals surface area contributed by atoms with E-state index in [1.54, 1.807) is 14.2 Å². The molecule has 2 nitrogen and oxygen atoms in total. The first-order chi connectivity index (χ1) is 12.3. The SMILES string of the molecule is COc1ccccc1P(c1ccccc1CS)c1ccccc1OC. The Balaban J connectivity index is 2.29. The average Bonchev–Trinajstić information content (AvgIpc) is 2.69. The molecule has 3 rings (SSSR count). The number of hydrogen-bond donors (Lipinski definition) is 1. The maximum absolute atomic E-state index is 5.67. The number of thiol groups is 1. The lowest BCUT2D eigenvalue weighted by atomic mass is 10.2. The molecule has 0 fully saturated rings. The Morgan fingerprint density at radius 2 is 1.12 bits per heavy atom. The number of para-hydroxylation sites is 2. The Labute approximate surface area is 156 Å². The number of methoxy groups -OCH3 is 2. The number of ether oxygens (including phenoxy) is 2. The molecule has 0 atom stereocenters. The highest BCUT2D eigenvalue weighted by Gasteiger charge is 2.24. The van der Waals surface area contributed by atoms with E-state index in [4.69, 9.17) is 9.47 Å². The van der Waals surface area contributed by atoms with Gasteiger partial charge in [0.2, 0.25) is 0 Å². The zero-order valence-corrected chi connectivity index (χ0v) is 16.1. The Kier molecular flexibility index (Phi) is 6.01. The lowest BCUT2D eigenvalue weighted by Crippen LogP contribution is -2.25. The third-order valence-electron chi connectivity index (χ3n) is 4.06. The van der Waals surface area contributed by atoms with Crippen LogP contribution in [0.5, 0.6) is 11.5 Å². The Morgan fingerprint density at radius 3 is 1.60 bits per heavy atom. The molecule has 0 spiro atoms. The van der Waals surface area contributed by atoms with Crippen molar-refractivity contribution in [3.63, 3.8) is 0 Å². The number of benzene rings is 3. The van der Waals surface area contributed by atoms with Gasteiger partial charge >= 0.3 is 0 Å². The lowest BCUT2D eigenvalue weighted by Gasteiger charge is -2.25. The summed E-state index contributed by atoms with van der Waals surface area (Å²) in [5.74, 6) is 2.49. The van der Waals surface area contributed by atoms with Crippen molar-refractivity contribution in [1.82, 2.24) is 0 Å². The molecule has 0 saturated heterocycles. The summed E-state index contributed by atoms with van der Waals surface area (Å²) in [6, 6.07) is 24.9. The molecule has 4 heteroatoms. The van der Waals surface area contributed by atoms with Gasteiger partial charge < -0.3 is 9.47 Å². The fourth-order valence-electron chi connectivity index (χ4n) is 2.88. The Hall–Kier alpha value is -1.96. The first-order valence-electron chi connectivity index (χ1n) is 8.05. The smallest absolute Gasteiger partial charge is 0.127 e. The van der Waals surface area contributed by atoms with Gasteiger partial charge in [-0.2, -0.15) is 12.6 Å². The van der Waals surface area contributed by atoms with Crippen LogP contribution in [0.15, 0.2) is 72.8 Å². The van der Waals surface area contributed by atoms with E-state index in [2.05, 4.69) is 61.2 Å². The summed E-state index contributed by atoms with van der Waals surface area (Å²) in [5, 5.41) is 3.64. The van der Waals surface area contributed by atoms with Crippen LogP contribution in [0.25, 0.3) is 0 Å². The van der Waals surface area contributed by atoms with Gasteiger partial charge in [0.05, 0.1) is 14.2 Å². The second-order valence-electron chi connectivity index (χ2n) is 5.47. The normalized spacial score (nSPS) is 10.7. The molecule has 0 unspecified atom stereocenters. The highest BCUT2D eigenvalue weighted by Crippen LogP contribution is 2.40. The summed E-state index contributed by atoms with van der Waals surface area (Å²) in [5.41, 5.74) is 1.23. The predicted octanol–water partition coefficient (Wildman–Crippen LogP) is 3.89. The van der Waals surface area contributed by atoms with Gasteiger partial charge in [-0.15, -0.1) is 0 Å². The summed E-state index contributed by atoms with van der Waals surface area (Å²) >= 11 is 4.54. The van der Waals surface area contributed by atoms with Crippen molar-refractivity contribution in [2.75, 3.05) is 14.2 Å². The minimum absolute atomic E-state index is 0.694. The fraction of sp³-hybridized carbons (Fsp3) is 0.143. The molecule has 0 amide bonds. The third kappa shape index (κ3) is 3.68. The summed E-state index contributed by atoms with van der Waals surface area (Å²) in [6.07, 6.45) is 0. The Bertz CT molecular complexity index is 738. The van der Waals surface area contributed by atoms with Gasteiger partial charge in [0, 0.05) is 16.4 Å². The molecular formula is C21H21O2PS. The molecule has 0 bridgehead atoms. The van der Waals surface area contributed by atoms with Crippen LogP contribution in [0.2, 0.25) is 0 Å². The number of rotatable bonds is 6. The van der Waals surface area contributed by atoms with Crippen LogP contribution in [-0.4, -0.2) is 14.2 Å². The van der Waals surface area contributed by atoms with Crippen molar-refractivity contribution >= 4 is 36.5 Å². The van der Waals surface area contributed by atoms with Gasteiger partial charge in [-0.3, -0.25) is 0 Å². The van der Waals surface area contributed by atoms with Crippen molar-refractivity contribution in [3.8, 4) is 11.5 Å².